The second-order valence-electron chi connectivity index (χ2n) is 12.3. The maximum atomic E-state index is 4.96. The summed E-state index contributed by atoms with van der Waals surface area (Å²) in [6.45, 7) is 33.1. The smallest absolute Gasteiger partial charge is 0.0727 e. The Morgan fingerprint density at radius 3 is 1.22 bits per heavy atom. The van der Waals surface area contributed by atoms with E-state index in [9.17, 15) is 0 Å². The van der Waals surface area contributed by atoms with Crippen LogP contribution in [0.4, 0.5) is 0 Å². The lowest BCUT2D eigenvalue weighted by atomic mass is 10.1. The van der Waals surface area contributed by atoms with Gasteiger partial charge in [-0.05, 0) is 40.6 Å². The highest BCUT2D eigenvalue weighted by Crippen LogP contribution is 2.59. The van der Waals surface area contributed by atoms with E-state index in [1.807, 2.05) is 0 Å². The molecule has 0 aromatic rings. The number of hydrogen-bond donors (Lipinski definition) is 0. The summed E-state index contributed by atoms with van der Waals surface area (Å²) in [7, 11) is -0.205. The maximum Gasteiger partial charge on any atom is 0.0727 e. The van der Waals surface area contributed by atoms with E-state index < -0.39 is 0 Å². The average Bonchev–Trinajstić information content (AvgIpc) is 2.33. The summed E-state index contributed by atoms with van der Waals surface area (Å²) in [5, 5.41) is 1.46. The molecule has 0 aliphatic carbocycles. The van der Waals surface area contributed by atoms with E-state index in [0.29, 0.717) is 20.6 Å². The molecule has 0 aromatic carbocycles. The van der Waals surface area contributed by atoms with Crippen molar-refractivity contribution in [3.63, 3.8) is 0 Å². The van der Waals surface area contributed by atoms with Crippen LogP contribution in [0.15, 0.2) is 17.1 Å². The van der Waals surface area contributed by atoms with Crippen molar-refractivity contribution in [3.8, 4) is 0 Å². The molecule has 0 radical (unpaired) electrons. The predicted octanol–water partition coefficient (Wildman–Crippen LogP) is 8.55. The monoisotopic (exact) mass is 413 g/mol. The van der Waals surface area contributed by atoms with E-state index in [1.54, 1.807) is 0 Å². The zero-order valence-corrected chi connectivity index (χ0v) is 22.8. The first kappa shape index (κ1) is 27.3. The lowest BCUT2D eigenvalue weighted by Gasteiger charge is -2.41. The van der Waals surface area contributed by atoms with Gasteiger partial charge in [-0.15, -0.1) is 0 Å². The highest BCUT2D eigenvalue weighted by molar-refractivity contribution is 7.61. The molecule has 0 rings (SSSR count). The fourth-order valence-corrected chi connectivity index (χ4v) is 10.7. The van der Waals surface area contributed by atoms with E-state index in [4.69, 9.17) is 4.99 Å². The van der Waals surface area contributed by atoms with E-state index in [2.05, 4.69) is 115 Å². The fraction of sp³-hybridized carbons (Fsp3) is 0.875. The molecule has 160 valence electrons. The normalized spacial score (nSPS) is 15.7. The van der Waals surface area contributed by atoms with Crippen molar-refractivity contribution < 1.29 is 0 Å². The molecule has 3 heteroatoms. The third-order valence-corrected chi connectivity index (χ3v) is 12.3. The van der Waals surface area contributed by atoms with Gasteiger partial charge in [0.15, 0.2) is 0 Å². The molecule has 0 heterocycles. The van der Waals surface area contributed by atoms with E-state index in [0.717, 1.165) is 6.16 Å². The predicted molar refractivity (Wildman–Crippen MR) is 134 cm³/mol. The third-order valence-electron chi connectivity index (χ3n) is 4.74. The standard InChI is InChI=1S/C24H49NP2/c1-20(2,3)26(21(4,5)6)18-15-16-24(13,14)25-17-19-27(22(7,8)9)23(10,11)12/h15-17H,18-19H2,1-14H3. The number of aliphatic imine (C=N–C) groups is 1. The molecule has 0 aliphatic heterocycles. The zero-order chi connectivity index (χ0) is 21.9. The minimum atomic E-state index is -0.120. The number of allylic oxidation sites excluding steroid dienone is 1. The molecule has 0 atom stereocenters. The van der Waals surface area contributed by atoms with Crippen LogP contribution in [-0.2, 0) is 0 Å². The number of nitrogens with zero attached hydrogens (tertiary/aromatic N) is 1. The van der Waals surface area contributed by atoms with E-state index >= 15 is 0 Å². The molecule has 0 saturated heterocycles. The average molecular weight is 414 g/mol. The van der Waals surface area contributed by atoms with Gasteiger partial charge in [0.05, 0.1) is 5.54 Å². The van der Waals surface area contributed by atoms with Gasteiger partial charge in [-0.2, -0.15) is 0 Å². The largest absolute Gasteiger partial charge is 0.287 e. The molecule has 0 unspecified atom stereocenters. The number of hydrogen-bond acceptors (Lipinski definition) is 1. The first-order valence-corrected chi connectivity index (χ1v) is 13.5. The Bertz CT molecular complexity index is 428. The van der Waals surface area contributed by atoms with Crippen molar-refractivity contribution >= 4 is 22.1 Å². The van der Waals surface area contributed by atoms with Crippen molar-refractivity contribution in [2.45, 2.75) is 123 Å². The van der Waals surface area contributed by atoms with Crippen LogP contribution in [0.3, 0.4) is 0 Å². The van der Waals surface area contributed by atoms with Crippen LogP contribution < -0.4 is 0 Å². The Balaban J connectivity index is 5.12. The van der Waals surface area contributed by atoms with Gasteiger partial charge in [-0.3, -0.25) is 4.99 Å². The van der Waals surface area contributed by atoms with Gasteiger partial charge in [0.1, 0.15) is 0 Å². The molecule has 0 saturated carbocycles. The van der Waals surface area contributed by atoms with Crippen LogP contribution in [0.1, 0.15) is 96.9 Å². The molecule has 1 nitrogen and oxygen atoms in total. The van der Waals surface area contributed by atoms with Crippen LogP contribution in [0.25, 0.3) is 0 Å². The summed E-state index contributed by atoms with van der Waals surface area (Å²) in [4.78, 5) is 4.96. The van der Waals surface area contributed by atoms with Crippen molar-refractivity contribution in [2.24, 2.45) is 4.99 Å². The van der Waals surface area contributed by atoms with Crippen LogP contribution >= 0.6 is 15.8 Å². The number of rotatable bonds is 6. The van der Waals surface area contributed by atoms with Gasteiger partial charge in [-0.25, -0.2) is 0 Å². The van der Waals surface area contributed by atoms with Crippen LogP contribution in [-0.4, -0.2) is 44.7 Å². The molecule has 0 fully saturated rings. The summed E-state index contributed by atoms with van der Waals surface area (Å²) in [5.41, 5.74) is -0.118. The van der Waals surface area contributed by atoms with Crippen LogP contribution in [0.5, 0.6) is 0 Å². The molecule has 0 aliphatic rings. The molecule has 0 amide bonds. The summed E-state index contributed by atoms with van der Waals surface area (Å²) >= 11 is 0. The Hall–Kier alpha value is 0.270. The summed E-state index contributed by atoms with van der Waals surface area (Å²) < 4.78 is 0. The molecular weight excluding hydrogens is 364 g/mol. The maximum absolute atomic E-state index is 4.96. The van der Waals surface area contributed by atoms with Crippen molar-refractivity contribution in [2.75, 3.05) is 12.3 Å². The highest BCUT2D eigenvalue weighted by atomic mass is 31.1. The third kappa shape index (κ3) is 10.6. The van der Waals surface area contributed by atoms with Crippen molar-refractivity contribution in [3.05, 3.63) is 12.2 Å². The highest BCUT2D eigenvalue weighted by Gasteiger charge is 2.34. The minimum Gasteiger partial charge on any atom is -0.287 e. The summed E-state index contributed by atoms with van der Waals surface area (Å²) in [5.74, 6) is 0. The SMILES string of the molecule is CC(C)(C=CCP(C(C)(C)C)C(C)(C)C)N=CCP(C(C)(C)C)C(C)(C)C. The van der Waals surface area contributed by atoms with Gasteiger partial charge in [0, 0.05) is 12.4 Å². The van der Waals surface area contributed by atoms with Gasteiger partial charge in [0.25, 0.3) is 0 Å². The van der Waals surface area contributed by atoms with Crippen molar-refractivity contribution in [1.82, 2.24) is 0 Å². The van der Waals surface area contributed by atoms with E-state index in [-0.39, 0.29) is 21.4 Å². The lowest BCUT2D eigenvalue weighted by Crippen LogP contribution is -2.27. The first-order valence-electron chi connectivity index (χ1n) is 10.4. The molecule has 27 heavy (non-hydrogen) atoms. The Morgan fingerprint density at radius 1 is 0.556 bits per heavy atom. The Labute approximate surface area is 174 Å². The quantitative estimate of drug-likeness (QED) is 0.235. The van der Waals surface area contributed by atoms with E-state index in [1.165, 1.54) is 6.16 Å². The van der Waals surface area contributed by atoms with Crippen molar-refractivity contribution in [1.29, 1.82) is 0 Å². The Morgan fingerprint density at radius 2 is 0.889 bits per heavy atom. The van der Waals surface area contributed by atoms with Crippen LogP contribution in [0.2, 0.25) is 0 Å². The second kappa shape index (κ2) is 9.39. The molecule has 0 N–H and O–H groups in total. The summed E-state index contributed by atoms with van der Waals surface area (Å²) in [6, 6.07) is 0. The molecular formula is C24H49NP2. The lowest BCUT2D eigenvalue weighted by molar-refractivity contribution is 0.658. The minimum absolute atomic E-state index is 0.0854. The van der Waals surface area contributed by atoms with Crippen LogP contribution in [0, 0.1) is 0 Å². The second-order valence-corrected chi connectivity index (χ2v) is 20.1. The Kier molecular flexibility index (Phi) is 9.48. The topological polar surface area (TPSA) is 12.4 Å². The van der Waals surface area contributed by atoms with Gasteiger partial charge in [0.2, 0.25) is 0 Å². The molecule has 0 bridgehead atoms. The van der Waals surface area contributed by atoms with Gasteiger partial charge in [-0.1, -0.05) is 111 Å². The summed E-state index contributed by atoms with van der Waals surface area (Å²) in [6.07, 6.45) is 9.22. The molecule has 0 aromatic heterocycles. The zero-order valence-electron chi connectivity index (χ0n) is 21.0. The fourth-order valence-electron chi connectivity index (χ4n) is 3.96. The van der Waals surface area contributed by atoms with Gasteiger partial charge >= 0.3 is 0 Å². The van der Waals surface area contributed by atoms with Gasteiger partial charge < -0.3 is 0 Å². The molecule has 0 spiro atoms. The first-order chi connectivity index (χ1) is 11.7.